The molecule has 2 aliphatic carbocycles. The molecule has 0 unspecified atom stereocenters. The van der Waals surface area contributed by atoms with E-state index < -0.39 is 17.0 Å². The Balaban J connectivity index is 1.92. The van der Waals surface area contributed by atoms with Crippen LogP contribution in [0.3, 0.4) is 0 Å². The summed E-state index contributed by atoms with van der Waals surface area (Å²) in [7, 11) is 0. The third kappa shape index (κ3) is 1.06. The second kappa shape index (κ2) is 3.34. The second-order valence-corrected chi connectivity index (χ2v) is 6.31. The van der Waals surface area contributed by atoms with E-state index in [0.29, 0.717) is 6.61 Å². The lowest BCUT2D eigenvalue weighted by Gasteiger charge is -2.44. The number of hydrogen-bond donors (Lipinski definition) is 0. The molecule has 2 fully saturated rings. The first kappa shape index (κ1) is 12.1. The van der Waals surface area contributed by atoms with Gasteiger partial charge < -0.3 is 19.4 Å². The molecule has 2 saturated heterocycles. The molecule has 0 amide bonds. The van der Waals surface area contributed by atoms with Crippen LogP contribution in [0, 0.1) is 23.2 Å². The average molecular weight is 275 g/mol. The summed E-state index contributed by atoms with van der Waals surface area (Å²) < 4.78 is 10.7. The SMILES string of the molecule is CC1=C[C@@]23[C@H](C=C(C(=O)[O-])[C@@H]2COC(=O)[C@]32CO2)[C@@H]1C. The monoisotopic (exact) mass is 275 g/mol. The molecule has 5 nitrogen and oxygen atoms in total. The molecule has 0 aromatic heterocycles. The van der Waals surface area contributed by atoms with Gasteiger partial charge in [-0.1, -0.05) is 24.6 Å². The number of cyclic esters (lactones) is 1. The predicted octanol–water partition coefficient (Wildman–Crippen LogP) is -0.183. The number of ether oxygens (including phenoxy) is 2. The van der Waals surface area contributed by atoms with Gasteiger partial charge in [0.05, 0.1) is 19.2 Å². The van der Waals surface area contributed by atoms with Gasteiger partial charge in [0.25, 0.3) is 0 Å². The molecule has 20 heavy (non-hydrogen) atoms. The number of rotatable bonds is 1. The van der Waals surface area contributed by atoms with Gasteiger partial charge in [-0.2, -0.15) is 0 Å². The molecule has 0 saturated carbocycles. The summed E-state index contributed by atoms with van der Waals surface area (Å²) in [5.74, 6) is -1.73. The minimum Gasteiger partial charge on any atom is -0.545 e. The summed E-state index contributed by atoms with van der Waals surface area (Å²) in [6.45, 7) is 4.49. The Bertz CT molecular complexity index is 597. The molecule has 4 aliphatic rings. The van der Waals surface area contributed by atoms with Crippen LogP contribution in [0.5, 0.6) is 0 Å². The van der Waals surface area contributed by atoms with Crippen molar-refractivity contribution in [3.8, 4) is 0 Å². The molecule has 4 rings (SSSR count). The third-order valence-electron chi connectivity index (χ3n) is 5.67. The normalized spacial score (nSPS) is 48.3. The molecule has 5 heteroatoms. The third-order valence-corrected chi connectivity index (χ3v) is 5.67. The summed E-state index contributed by atoms with van der Waals surface area (Å²) in [6, 6.07) is 0. The molecule has 0 aromatic rings. The van der Waals surface area contributed by atoms with Crippen LogP contribution >= 0.6 is 0 Å². The summed E-state index contributed by atoms with van der Waals surface area (Å²) >= 11 is 0. The maximum Gasteiger partial charge on any atom is 0.341 e. The molecule has 106 valence electrons. The van der Waals surface area contributed by atoms with Crippen LogP contribution in [-0.4, -0.2) is 30.8 Å². The standard InChI is InChI=1S/C15H16O5/c1-7-4-14-10(8(7)2)3-9(12(16)17)11(14)5-19-13(18)15(14)6-20-15/h3-4,8,10-11H,5-6H2,1-2H3,(H,16,17)/p-1/t8-,10-,11+,14-,15-/m1/s1. The zero-order chi connectivity index (χ0) is 14.3. The molecular weight excluding hydrogens is 260 g/mol. The first-order valence-electron chi connectivity index (χ1n) is 6.87. The summed E-state index contributed by atoms with van der Waals surface area (Å²) in [4.78, 5) is 23.6. The molecule has 0 N–H and O–H groups in total. The first-order valence-corrected chi connectivity index (χ1v) is 6.87. The lowest BCUT2D eigenvalue weighted by Crippen LogP contribution is -2.56. The zero-order valence-corrected chi connectivity index (χ0v) is 11.3. The van der Waals surface area contributed by atoms with Crippen molar-refractivity contribution < 1.29 is 24.2 Å². The Kier molecular flexibility index (Phi) is 2.03. The Morgan fingerprint density at radius 1 is 1.50 bits per heavy atom. The van der Waals surface area contributed by atoms with Gasteiger partial charge in [0.1, 0.15) is 0 Å². The van der Waals surface area contributed by atoms with E-state index in [2.05, 4.69) is 13.0 Å². The fourth-order valence-corrected chi connectivity index (χ4v) is 4.48. The number of hydrogen-bond acceptors (Lipinski definition) is 5. The van der Waals surface area contributed by atoms with E-state index >= 15 is 0 Å². The predicted molar refractivity (Wildman–Crippen MR) is 65.1 cm³/mol. The fraction of sp³-hybridized carbons (Fsp3) is 0.600. The van der Waals surface area contributed by atoms with Crippen LogP contribution in [0.1, 0.15) is 13.8 Å². The van der Waals surface area contributed by atoms with E-state index in [0.717, 1.165) is 0 Å². The molecule has 2 heterocycles. The number of epoxide rings is 1. The maximum atomic E-state index is 12.2. The number of esters is 1. The fourth-order valence-electron chi connectivity index (χ4n) is 4.48. The minimum atomic E-state index is -1.17. The highest BCUT2D eigenvalue weighted by atomic mass is 16.6. The van der Waals surface area contributed by atoms with Crippen molar-refractivity contribution in [1.82, 2.24) is 0 Å². The van der Waals surface area contributed by atoms with Crippen molar-refractivity contribution >= 4 is 11.9 Å². The van der Waals surface area contributed by atoms with E-state index in [1.807, 2.05) is 6.92 Å². The van der Waals surface area contributed by atoms with Gasteiger partial charge in [0.2, 0.25) is 0 Å². The minimum absolute atomic E-state index is 0.0317. The summed E-state index contributed by atoms with van der Waals surface area (Å²) in [6.07, 6.45) is 3.83. The smallest absolute Gasteiger partial charge is 0.341 e. The highest BCUT2D eigenvalue weighted by molar-refractivity contribution is 5.91. The molecular formula is C15H15O5-. The number of carboxylic acids is 1. The van der Waals surface area contributed by atoms with Crippen molar-refractivity contribution in [2.45, 2.75) is 19.4 Å². The van der Waals surface area contributed by atoms with Gasteiger partial charge in [-0.25, -0.2) is 4.79 Å². The molecule has 0 radical (unpaired) electrons. The Hall–Kier alpha value is -1.62. The lowest BCUT2D eigenvalue weighted by atomic mass is 9.61. The Morgan fingerprint density at radius 2 is 2.20 bits per heavy atom. The van der Waals surface area contributed by atoms with Gasteiger partial charge in [0.15, 0.2) is 5.60 Å². The van der Waals surface area contributed by atoms with Gasteiger partial charge >= 0.3 is 5.97 Å². The van der Waals surface area contributed by atoms with Gasteiger partial charge in [-0.05, 0) is 24.3 Å². The number of allylic oxidation sites excluding steroid dienone is 2. The molecule has 2 spiro atoms. The number of aliphatic carboxylic acids is 1. The number of carbonyl (C=O) groups excluding carboxylic acids is 2. The quantitative estimate of drug-likeness (QED) is 0.377. The van der Waals surface area contributed by atoms with Crippen LogP contribution in [-0.2, 0) is 19.1 Å². The van der Waals surface area contributed by atoms with Crippen molar-refractivity contribution in [1.29, 1.82) is 0 Å². The van der Waals surface area contributed by atoms with Crippen molar-refractivity contribution in [2.24, 2.45) is 23.2 Å². The van der Waals surface area contributed by atoms with E-state index in [1.54, 1.807) is 6.08 Å². The van der Waals surface area contributed by atoms with Crippen LogP contribution in [0.25, 0.3) is 0 Å². The Morgan fingerprint density at radius 3 is 2.80 bits per heavy atom. The van der Waals surface area contributed by atoms with Gasteiger partial charge in [-0.3, -0.25) is 0 Å². The van der Waals surface area contributed by atoms with Gasteiger partial charge in [0, 0.05) is 11.3 Å². The molecule has 0 aromatic carbocycles. The summed E-state index contributed by atoms with van der Waals surface area (Å²) in [5, 5.41) is 11.4. The van der Waals surface area contributed by atoms with E-state index in [1.165, 1.54) is 5.57 Å². The number of carbonyl (C=O) groups is 2. The van der Waals surface area contributed by atoms with E-state index in [9.17, 15) is 14.7 Å². The molecule has 0 bridgehead atoms. The Labute approximate surface area is 116 Å². The van der Waals surface area contributed by atoms with Crippen LogP contribution in [0.15, 0.2) is 23.3 Å². The summed E-state index contributed by atoms with van der Waals surface area (Å²) in [5.41, 5.74) is -0.146. The lowest BCUT2D eigenvalue weighted by molar-refractivity contribution is -0.300. The topological polar surface area (TPSA) is 79.0 Å². The zero-order valence-electron chi connectivity index (χ0n) is 11.3. The molecule has 5 atom stereocenters. The van der Waals surface area contributed by atoms with Crippen molar-refractivity contribution in [2.75, 3.05) is 13.2 Å². The van der Waals surface area contributed by atoms with E-state index in [4.69, 9.17) is 9.47 Å². The first-order chi connectivity index (χ1) is 9.44. The average Bonchev–Trinajstić information content (AvgIpc) is 3.07. The number of carboxylic acid groups (broad SMARTS) is 1. The highest BCUT2D eigenvalue weighted by Crippen LogP contribution is 2.68. The van der Waals surface area contributed by atoms with Crippen LogP contribution in [0.4, 0.5) is 0 Å². The van der Waals surface area contributed by atoms with E-state index in [-0.39, 0.29) is 35.9 Å². The maximum absolute atomic E-state index is 12.2. The molecule has 2 aliphatic heterocycles. The van der Waals surface area contributed by atoms with Crippen molar-refractivity contribution in [3.05, 3.63) is 23.3 Å². The van der Waals surface area contributed by atoms with Gasteiger partial charge in [-0.15, -0.1) is 0 Å². The second-order valence-electron chi connectivity index (χ2n) is 6.31. The largest absolute Gasteiger partial charge is 0.545 e. The highest BCUT2D eigenvalue weighted by Gasteiger charge is 2.77. The van der Waals surface area contributed by atoms with Crippen molar-refractivity contribution in [3.63, 3.8) is 0 Å². The van der Waals surface area contributed by atoms with Crippen LogP contribution in [0.2, 0.25) is 0 Å². The van der Waals surface area contributed by atoms with Crippen LogP contribution < -0.4 is 5.11 Å².